The fourth-order valence-electron chi connectivity index (χ4n) is 2.69. The molecule has 2 nitrogen and oxygen atoms in total. The van der Waals surface area contributed by atoms with Crippen molar-refractivity contribution in [3.63, 3.8) is 0 Å². The quantitative estimate of drug-likeness (QED) is 0.822. The van der Waals surface area contributed by atoms with E-state index in [2.05, 4.69) is 10.6 Å². The molecule has 0 amide bonds. The van der Waals surface area contributed by atoms with Crippen molar-refractivity contribution in [2.24, 2.45) is 0 Å². The van der Waals surface area contributed by atoms with E-state index in [0.29, 0.717) is 6.04 Å². The zero-order chi connectivity index (χ0) is 14.5. The van der Waals surface area contributed by atoms with Gasteiger partial charge in [0.05, 0.1) is 5.69 Å². The van der Waals surface area contributed by atoms with Gasteiger partial charge in [-0.2, -0.15) is 0 Å². The van der Waals surface area contributed by atoms with Gasteiger partial charge in [0, 0.05) is 12.1 Å². The minimum atomic E-state index is -1.42. The SMILES string of the molecule is CC(CC1CCCCCN1)Nc1ccc(F)c(F)c1F. The number of halogens is 3. The van der Waals surface area contributed by atoms with E-state index >= 15 is 0 Å². The predicted molar refractivity (Wildman–Crippen MR) is 74.3 cm³/mol. The van der Waals surface area contributed by atoms with Crippen LogP contribution in [-0.4, -0.2) is 18.6 Å². The van der Waals surface area contributed by atoms with Gasteiger partial charge < -0.3 is 10.6 Å². The highest BCUT2D eigenvalue weighted by Crippen LogP contribution is 2.21. The Bertz CT molecular complexity index is 443. The molecule has 2 unspecified atom stereocenters. The molecule has 0 spiro atoms. The van der Waals surface area contributed by atoms with Gasteiger partial charge in [-0.3, -0.25) is 0 Å². The van der Waals surface area contributed by atoms with Gasteiger partial charge in [-0.25, -0.2) is 13.2 Å². The third-order valence-electron chi connectivity index (χ3n) is 3.74. The van der Waals surface area contributed by atoms with Crippen LogP contribution in [0.2, 0.25) is 0 Å². The van der Waals surface area contributed by atoms with Gasteiger partial charge in [-0.15, -0.1) is 0 Å². The van der Waals surface area contributed by atoms with Crippen molar-refractivity contribution in [2.45, 2.75) is 51.1 Å². The van der Waals surface area contributed by atoms with Gasteiger partial charge in [0.1, 0.15) is 0 Å². The van der Waals surface area contributed by atoms with Crippen molar-refractivity contribution in [3.05, 3.63) is 29.6 Å². The lowest BCUT2D eigenvalue weighted by molar-refractivity contribution is 0.442. The summed E-state index contributed by atoms with van der Waals surface area (Å²) in [5.41, 5.74) is 0.0185. The van der Waals surface area contributed by atoms with Crippen LogP contribution >= 0.6 is 0 Å². The molecule has 1 saturated heterocycles. The fraction of sp³-hybridized carbons (Fsp3) is 0.600. The van der Waals surface area contributed by atoms with Crippen LogP contribution in [0.15, 0.2) is 12.1 Å². The summed E-state index contributed by atoms with van der Waals surface area (Å²) in [6.45, 7) is 2.93. The van der Waals surface area contributed by atoms with E-state index in [9.17, 15) is 13.2 Å². The molecule has 0 saturated carbocycles. The Morgan fingerprint density at radius 3 is 2.80 bits per heavy atom. The molecule has 20 heavy (non-hydrogen) atoms. The molecule has 5 heteroatoms. The topological polar surface area (TPSA) is 24.1 Å². The van der Waals surface area contributed by atoms with E-state index in [1.807, 2.05) is 6.92 Å². The zero-order valence-corrected chi connectivity index (χ0v) is 11.7. The summed E-state index contributed by atoms with van der Waals surface area (Å²) in [6, 6.07) is 2.57. The molecule has 1 aromatic carbocycles. The van der Waals surface area contributed by atoms with E-state index in [1.165, 1.54) is 25.3 Å². The highest BCUT2D eigenvalue weighted by atomic mass is 19.2. The van der Waals surface area contributed by atoms with E-state index in [0.717, 1.165) is 25.5 Å². The molecule has 0 aromatic heterocycles. The Kier molecular flexibility index (Phi) is 5.29. The Balaban J connectivity index is 1.93. The minimum Gasteiger partial charge on any atom is -0.380 e. The number of anilines is 1. The van der Waals surface area contributed by atoms with Gasteiger partial charge in [0.15, 0.2) is 17.5 Å². The first-order valence-electron chi connectivity index (χ1n) is 7.21. The molecule has 1 aromatic rings. The second-order valence-corrected chi connectivity index (χ2v) is 5.50. The summed E-state index contributed by atoms with van der Waals surface area (Å²) < 4.78 is 39.6. The molecule has 1 fully saturated rings. The predicted octanol–water partition coefficient (Wildman–Crippen LogP) is 3.83. The standard InChI is InChI=1S/C15H21F3N2/c1-10(9-11-5-3-2-4-8-19-11)20-13-7-6-12(16)14(17)15(13)18/h6-7,10-11,19-20H,2-5,8-9H2,1H3. The van der Waals surface area contributed by atoms with Gasteiger partial charge in [0.25, 0.3) is 0 Å². The summed E-state index contributed by atoms with van der Waals surface area (Å²) >= 11 is 0. The van der Waals surface area contributed by atoms with Crippen LogP contribution in [0, 0.1) is 17.5 Å². The first-order valence-corrected chi connectivity index (χ1v) is 7.21. The zero-order valence-electron chi connectivity index (χ0n) is 11.7. The fourth-order valence-corrected chi connectivity index (χ4v) is 2.69. The highest BCUT2D eigenvalue weighted by Gasteiger charge is 2.18. The molecule has 2 N–H and O–H groups in total. The maximum Gasteiger partial charge on any atom is 0.196 e. The first kappa shape index (κ1) is 15.2. The van der Waals surface area contributed by atoms with Gasteiger partial charge in [0.2, 0.25) is 0 Å². The number of rotatable bonds is 4. The lowest BCUT2D eigenvalue weighted by atomic mass is 10.0. The van der Waals surface area contributed by atoms with Crippen molar-refractivity contribution < 1.29 is 13.2 Å². The summed E-state index contributed by atoms with van der Waals surface area (Å²) in [6.07, 6.45) is 5.56. The molecular weight excluding hydrogens is 265 g/mol. The number of hydrogen-bond donors (Lipinski definition) is 2. The van der Waals surface area contributed by atoms with Crippen LogP contribution in [0.25, 0.3) is 0 Å². The first-order chi connectivity index (χ1) is 9.58. The molecule has 0 radical (unpaired) electrons. The monoisotopic (exact) mass is 286 g/mol. The Morgan fingerprint density at radius 1 is 1.20 bits per heavy atom. The normalized spacial score (nSPS) is 21.3. The molecular formula is C15H21F3N2. The van der Waals surface area contributed by atoms with Crippen molar-refractivity contribution >= 4 is 5.69 Å². The van der Waals surface area contributed by atoms with E-state index in [1.54, 1.807) is 0 Å². The average Bonchev–Trinajstić information content (AvgIpc) is 2.68. The largest absolute Gasteiger partial charge is 0.380 e. The van der Waals surface area contributed by atoms with E-state index in [4.69, 9.17) is 0 Å². The molecule has 0 bridgehead atoms. The van der Waals surface area contributed by atoms with Crippen LogP contribution in [0.1, 0.15) is 39.0 Å². The average molecular weight is 286 g/mol. The second-order valence-electron chi connectivity index (χ2n) is 5.50. The van der Waals surface area contributed by atoms with Crippen LogP contribution in [0.5, 0.6) is 0 Å². The van der Waals surface area contributed by atoms with Gasteiger partial charge >= 0.3 is 0 Å². The van der Waals surface area contributed by atoms with Gasteiger partial charge in [-0.1, -0.05) is 12.8 Å². The number of benzene rings is 1. The van der Waals surface area contributed by atoms with Crippen molar-refractivity contribution in [1.82, 2.24) is 5.32 Å². The van der Waals surface area contributed by atoms with Crippen LogP contribution in [0.3, 0.4) is 0 Å². The Labute approximate surface area is 117 Å². The van der Waals surface area contributed by atoms with Crippen LogP contribution in [-0.2, 0) is 0 Å². The second kappa shape index (κ2) is 6.97. The van der Waals surface area contributed by atoms with Gasteiger partial charge in [-0.05, 0) is 44.9 Å². The third-order valence-corrected chi connectivity index (χ3v) is 3.74. The third kappa shape index (κ3) is 3.88. The summed E-state index contributed by atoms with van der Waals surface area (Å²) in [7, 11) is 0. The van der Waals surface area contributed by atoms with Crippen LogP contribution in [0.4, 0.5) is 18.9 Å². The maximum atomic E-state index is 13.6. The Morgan fingerprint density at radius 2 is 2.00 bits per heavy atom. The molecule has 2 rings (SSSR count). The van der Waals surface area contributed by atoms with Crippen LogP contribution < -0.4 is 10.6 Å². The van der Waals surface area contributed by atoms with Crippen molar-refractivity contribution in [1.29, 1.82) is 0 Å². The Hall–Kier alpha value is -1.23. The number of nitrogens with one attached hydrogen (secondary N) is 2. The summed E-state index contributed by atoms with van der Waals surface area (Å²) in [4.78, 5) is 0. The van der Waals surface area contributed by atoms with Crippen molar-refractivity contribution in [2.75, 3.05) is 11.9 Å². The summed E-state index contributed by atoms with van der Waals surface area (Å²) in [5, 5.41) is 6.39. The highest BCUT2D eigenvalue weighted by molar-refractivity contribution is 5.46. The molecule has 1 aliphatic rings. The maximum absolute atomic E-state index is 13.6. The molecule has 1 heterocycles. The lowest BCUT2D eigenvalue weighted by Gasteiger charge is -2.22. The smallest absolute Gasteiger partial charge is 0.196 e. The van der Waals surface area contributed by atoms with E-state index < -0.39 is 17.5 Å². The molecule has 2 atom stereocenters. The molecule has 0 aliphatic carbocycles. The molecule has 112 valence electrons. The molecule has 1 aliphatic heterocycles. The minimum absolute atomic E-state index is 0.00930. The lowest BCUT2D eigenvalue weighted by Crippen LogP contribution is -2.33. The summed E-state index contributed by atoms with van der Waals surface area (Å²) in [5.74, 6) is -3.73. The van der Waals surface area contributed by atoms with E-state index in [-0.39, 0.29) is 11.7 Å². The van der Waals surface area contributed by atoms with Crippen molar-refractivity contribution in [3.8, 4) is 0 Å². The number of hydrogen-bond acceptors (Lipinski definition) is 2.